The monoisotopic (exact) mass is 243 g/mol. The summed E-state index contributed by atoms with van der Waals surface area (Å²) in [6.07, 6.45) is 0. The van der Waals surface area contributed by atoms with Crippen LogP contribution < -0.4 is 11.2 Å². The summed E-state index contributed by atoms with van der Waals surface area (Å²) in [5.74, 6) is 0. The van der Waals surface area contributed by atoms with E-state index in [0.717, 1.165) is 12.2 Å². The van der Waals surface area contributed by atoms with Crippen LogP contribution in [-0.2, 0) is 19.6 Å². The van der Waals surface area contributed by atoms with Crippen LogP contribution in [0.25, 0.3) is 0 Å². The fraction of sp³-hybridized carbons (Fsp3) is 0.231. The number of aromatic amines is 2. The fourth-order valence-electron chi connectivity index (χ4n) is 2.32. The number of rotatable bonds is 2. The number of nitrogens with zero attached hydrogens (tertiary/aromatic N) is 1. The lowest BCUT2D eigenvalue weighted by Crippen LogP contribution is -2.25. The van der Waals surface area contributed by atoms with Gasteiger partial charge in [-0.15, -0.1) is 0 Å². The highest BCUT2D eigenvalue weighted by atomic mass is 16.2. The van der Waals surface area contributed by atoms with E-state index in [0.29, 0.717) is 18.7 Å². The third-order valence-electron chi connectivity index (χ3n) is 3.14. The minimum absolute atomic E-state index is 0.274. The average molecular weight is 243 g/mol. The second kappa shape index (κ2) is 4.27. The molecule has 1 aliphatic heterocycles. The van der Waals surface area contributed by atoms with Crippen LogP contribution in [0.2, 0.25) is 0 Å². The molecule has 0 saturated carbocycles. The summed E-state index contributed by atoms with van der Waals surface area (Å²) in [5.41, 5.74) is 1.90. The van der Waals surface area contributed by atoms with Gasteiger partial charge >= 0.3 is 5.69 Å². The molecule has 1 aromatic heterocycles. The van der Waals surface area contributed by atoms with Gasteiger partial charge in [0.05, 0.1) is 5.56 Å². The SMILES string of the molecule is O=c1[nH]c2c(c(=O)[nH]1)CN(Cc1ccccc1)C2. The van der Waals surface area contributed by atoms with Crippen molar-refractivity contribution in [2.75, 3.05) is 0 Å². The maximum atomic E-state index is 11.6. The second-order valence-corrected chi connectivity index (χ2v) is 4.50. The summed E-state index contributed by atoms with van der Waals surface area (Å²) in [5, 5.41) is 0. The van der Waals surface area contributed by atoms with Crippen molar-refractivity contribution in [2.24, 2.45) is 0 Å². The van der Waals surface area contributed by atoms with Crippen LogP contribution in [0.5, 0.6) is 0 Å². The van der Waals surface area contributed by atoms with Crippen LogP contribution in [0.15, 0.2) is 39.9 Å². The van der Waals surface area contributed by atoms with E-state index in [1.54, 1.807) is 0 Å². The van der Waals surface area contributed by atoms with Gasteiger partial charge in [0.2, 0.25) is 0 Å². The summed E-state index contributed by atoms with van der Waals surface area (Å²) in [7, 11) is 0. The molecule has 5 nitrogen and oxygen atoms in total. The van der Waals surface area contributed by atoms with Crippen LogP contribution in [-0.4, -0.2) is 14.9 Å². The highest BCUT2D eigenvalue weighted by Crippen LogP contribution is 2.18. The molecule has 92 valence electrons. The van der Waals surface area contributed by atoms with E-state index in [9.17, 15) is 9.59 Å². The Morgan fingerprint density at radius 1 is 1.06 bits per heavy atom. The van der Waals surface area contributed by atoms with Crippen LogP contribution in [0.4, 0.5) is 0 Å². The Labute approximate surface area is 103 Å². The van der Waals surface area contributed by atoms with Gasteiger partial charge in [-0.3, -0.25) is 14.7 Å². The molecule has 1 aliphatic rings. The molecule has 0 radical (unpaired) electrons. The molecule has 1 aromatic carbocycles. The van der Waals surface area contributed by atoms with Gasteiger partial charge in [-0.25, -0.2) is 4.79 Å². The Bertz CT molecular complexity index is 673. The molecule has 0 atom stereocenters. The fourth-order valence-corrected chi connectivity index (χ4v) is 2.32. The number of H-pyrrole nitrogens is 2. The zero-order chi connectivity index (χ0) is 12.5. The molecule has 2 aromatic rings. The summed E-state index contributed by atoms with van der Waals surface area (Å²) in [6, 6.07) is 10.1. The zero-order valence-electron chi connectivity index (χ0n) is 9.77. The average Bonchev–Trinajstić information content (AvgIpc) is 2.73. The molecule has 0 saturated heterocycles. The van der Waals surface area contributed by atoms with Gasteiger partial charge in [0.1, 0.15) is 0 Å². The minimum Gasteiger partial charge on any atom is -0.310 e. The molecule has 3 rings (SSSR count). The Balaban J connectivity index is 1.83. The molecular formula is C13H13N3O2. The van der Waals surface area contributed by atoms with E-state index in [-0.39, 0.29) is 5.56 Å². The van der Waals surface area contributed by atoms with E-state index in [1.165, 1.54) is 5.56 Å². The predicted octanol–water partition coefficient (Wildman–Crippen LogP) is 0.579. The number of fused-ring (bicyclic) bond motifs is 1. The molecular weight excluding hydrogens is 230 g/mol. The van der Waals surface area contributed by atoms with Crippen molar-refractivity contribution in [3.8, 4) is 0 Å². The van der Waals surface area contributed by atoms with E-state index < -0.39 is 5.69 Å². The maximum absolute atomic E-state index is 11.6. The Morgan fingerprint density at radius 3 is 2.61 bits per heavy atom. The summed E-state index contributed by atoms with van der Waals surface area (Å²) >= 11 is 0. The van der Waals surface area contributed by atoms with Crippen LogP contribution in [0.1, 0.15) is 16.8 Å². The third-order valence-corrected chi connectivity index (χ3v) is 3.14. The number of aromatic nitrogens is 2. The molecule has 0 amide bonds. The normalized spacial score (nSPS) is 14.7. The predicted molar refractivity (Wildman–Crippen MR) is 67.1 cm³/mol. The van der Waals surface area contributed by atoms with Crippen LogP contribution >= 0.6 is 0 Å². The van der Waals surface area contributed by atoms with Crippen molar-refractivity contribution >= 4 is 0 Å². The van der Waals surface area contributed by atoms with Crippen molar-refractivity contribution in [3.63, 3.8) is 0 Å². The number of nitrogens with one attached hydrogen (secondary N) is 2. The lowest BCUT2D eigenvalue weighted by Gasteiger charge is -2.13. The molecule has 5 heteroatoms. The molecule has 0 aliphatic carbocycles. The van der Waals surface area contributed by atoms with Crippen molar-refractivity contribution in [3.05, 3.63) is 68.0 Å². The van der Waals surface area contributed by atoms with E-state index in [2.05, 4.69) is 27.0 Å². The van der Waals surface area contributed by atoms with E-state index in [1.807, 2.05) is 18.2 Å². The first-order chi connectivity index (χ1) is 8.72. The van der Waals surface area contributed by atoms with Crippen molar-refractivity contribution in [1.29, 1.82) is 0 Å². The summed E-state index contributed by atoms with van der Waals surface area (Å²) in [6.45, 7) is 1.97. The van der Waals surface area contributed by atoms with E-state index >= 15 is 0 Å². The molecule has 2 N–H and O–H groups in total. The van der Waals surface area contributed by atoms with Crippen molar-refractivity contribution in [2.45, 2.75) is 19.6 Å². The van der Waals surface area contributed by atoms with Gasteiger partial charge in [0.15, 0.2) is 0 Å². The number of benzene rings is 1. The summed E-state index contributed by atoms with van der Waals surface area (Å²) in [4.78, 5) is 29.9. The number of hydrogen-bond acceptors (Lipinski definition) is 3. The smallest absolute Gasteiger partial charge is 0.310 e. The lowest BCUT2D eigenvalue weighted by molar-refractivity contribution is 0.273. The Morgan fingerprint density at radius 2 is 1.83 bits per heavy atom. The first-order valence-corrected chi connectivity index (χ1v) is 5.83. The highest BCUT2D eigenvalue weighted by molar-refractivity contribution is 5.22. The largest absolute Gasteiger partial charge is 0.325 e. The van der Waals surface area contributed by atoms with Gasteiger partial charge in [-0.1, -0.05) is 30.3 Å². The third kappa shape index (κ3) is 2.00. The molecule has 18 heavy (non-hydrogen) atoms. The van der Waals surface area contributed by atoms with Gasteiger partial charge < -0.3 is 4.98 Å². The molecule has 2 heterocycles. The van der Waals surface area contributed by atoms with Gasteiger partial charge in [0, 0.05) is 25.3 Å². The molecule has 0 fully saturated rings. The number of hydrogen-bond donors (Lipinski definition) is 2. The minimum atomic E-state index is -0.430. The summed E-state index contributed by atoms with van der Waals surface area (Å²) < 4.78 is 0. The van der Waals surface area contributed by atoms with Crippen molar-refractivity contribution < 1.29 is 0 Å². The molecule has 0 spiro atoms. The molecule has 0 unspecified atom stereocenters. The van der Waals surface area contributed by atoms with Crippen LogP contribution in [0.3, 0.4) is 0 Å². The first-order valence-electron chi connectivity index (χ1n) is 5.83. The quantitative estimate of drug-likeness (QED) is 0.810. The first kappa shape index (κ1) is 11.0. The van der Waals surface area contributed by atoms with Gasteiger partial charge in [0.25, 0.3) is 5.56 Å². The Kier molecular flexibility index (Phi) is 2.60. The van der Waals surface area contributed by atoms with Crippen LogP contribution in [0, 0.1) is 0 Å². The Hall–Kier alpha value is -2.14. The van der Waals surface area contributed by atoms with Gasteiger partial charge in [-0.2, -0.15) is 0 Å². The second-order valence-electron chi connectivity index (χ2n) is 4.50. The van der Waals surface area contributed by atoms with E-state index in [4.69, 9.17) is 0 Å². The zero-order valence-corrected chi connectivity index (χ0v) is 9.77. The standard InChI is InChI=1S/C13H13N3O2/c17-12-10-7-16(6-9-4-2-1-3-5-9)8-11(10)14-13(18)15-12/h1-5H,6-8H2,(H2,14,15,17,18). The van der Waals surface area contributed by atoms with Crippen molar-refractivity contribution in [1.82, 2.24) is 14.9 Å². The van der Waals surface area contributed by atoms with Gasteiger partial charge in [-0.05, 0) is 5.56 Å². The highest BCUT2D eigenvalue weighted by Gasteiger charge is 2.22. The lowest BCUT2D eigenvalue weighted by atomic mass is 10.2. The topological polar surface area (TPSA) is 69.0 Å². The molecule has 0 bridgehead atoms. The maximum Gasteiger partial charge on any atom is 0.325 e.